The zero-order valence-electron chi connectivity index (χ0n) is 21.6. The van der Waals surface area contributed by atoms with Crippen molar-refractivity contribution in [2.75, 3.05) is 7.11 Å². The fraction of sp³-hybridized carbons (Fsp3) is 0.400. The molecule has 192 valence electrons. The first-order valence-corrected chi connectivity index (χ1v) is 12.9. The van der Waals surface area contributed by atoms with Crippen LogP contribution in [0.15, 0.2) is 54.9 Å². The molecule has 0 spiro atoms. The van der Waals surface area contributed by atoms with Crippen LogP contribution >= 0.6 is 0 Å². The maximum atomic E-state index is 11.4. The van der Waals surface area contributed by atoms with Crippen LogP contribution in [0.1, 0.15) is 68.8 Å². The monoisotopic (exact) mass is 499 g/mol. The molecule has 2 aliphatic carbocycles. The lowest BCUT2D eigenvalue weighted by atomic mass is 9.83. The molecule has 1 atom stereocenters. The number of aromatic nitrogens is 3. The number of benzene rings is 1. The lowest BCUT2D eigenvalue weighted by Gasteiger charge is -2.24. The van der Waals surface area contributed by atoms with Crippen molar-refractivity contribution >= 4 is 11.5 Å². The minimum Gasteiger partial charge on any atom is -0.487 e. The van der Waals surface area contributed by atoms with Crippen LogP contribution in [0.3, 0.4) is 0 Å². The highest BCUT2D eigenvalue weighted by Crippen LogP contribution is 2.46. The molecule has 0 amide bonds. The van der Waals surface area contributed by atoms with Gasteiger partial charge in [0.15, 0.2) is 0 Å². The summed E-state index contributed by atoms with van der Waals surface area (Å²) in [5.74, 6) is 0.953. The van der Waals surface area contributed by atoms with Gasteiger partial charge in [0.2, 0.25) is 5.88 Å². The molecular weight excluding hydrogens is 466 g/mol. The Balaban J connectivity index is 1.42. The van der Waals surface area contributed by atoms with Gasteiger partial charge in [-0.1, -0.05) is 32.1 Å². The summed E-state index contributed by atoms with van der Waals surface area (Å²) in [5, 5.41) is 9.37. The van der Waals surface area contributed by atoms with Crippen molar-refractivity contribution < 1.29 is 19.4 Å². The molecule has 0 radical (unpaired) electrons. The van der Waals surface area contributed by atoms with Gasteiger partial charge in [0, 0.05) is 17.8 Å². The average molecular weight is 500 g/mol. The Kier molecular flexibility index (Phi) is 6.96. The highest BCUT2D eigenvalue weighted by molar-refractivity contribution is 5.80. The minimum atomic E-state index is -0.762. The summed E-state index contributed by atoms with van der Waals surface area (Å²) in [7, 11) is 1.60. The molecule has 1 fully saturated rings. The van der Waals surface area contributed by atoms with Crippen LogP contribution in [-0.4, -0.2) is 33.1 Å². The molecule has 37 heavy (non-hydrogen) atoms. The van der Waals surface area contributed by atoms with Crippen LogP contribution in [0, 0.1) is 11.3 Å². The molecule has 1 N–H and O–H groups in total. The maximum absolute atomic E-state index is 11.4. The molecule has 1 aromatic carbocycles. The Morgan fingerprint density at radius 3 is 2.70 bits per heavy atom. The van der Waals surface area contributed by atoms with Crippen molar-refractivity contribution in [3.05, 3.63) is 71.8 Å². The van der Waals surface area contributed by atoms with Crippen LogP contribution < -0.4 is 9.47 Å². The quantitative estimate of drug-likeness (QED) is 0.350. The van der Waals surface area contributed by atoms with Crippen LogP contribution in [0.5, 0.6) is 11.6 Å². The number of aliphatic carboxylic acids is 1. The molecule has 1 saturated carbocycles. The number of rotatable bonds is 10. The van der Waals surface area contributed by atoms with Gasteiger partial charge in [-0.25, -0.2) is 9.97 Å². The second-order valence-electron chi connectivity index (χ2n) is 10.6. The zero-order chi connectivity index (χ0) is 26.0. The van der Waals surface area contributed by atoms with Gasteiger partial charge in [-0.15, -0.1) is 0 Å². The minimum absolute atomic E-state index is 0.00365. The van der Waals surface area contributed by atoms with Crippen LogP contribution in [-0.2, 0) is 11.4 Å². The van der Waals surface area contributed by atoms with Crippen molar-refractivity contribution in [2.24, 2.45) is 11.3 Å². The number of carboxylic acids is 1. The van der Waals surface area contributed by atoms with Gasteiger partial charge in [-0.05, 0) is 72.3 Å². The molecule has 2 aliphatic rings. The summed E-state index contributed by atoms with van der Waals surface area (Å²) in [6.07, 6.45) is 10.1. The zero-order valence-corrected chi connectivity index (χ0v) is 21.6. The number of hydrogen-bond acceptors (Lipinski definition) is 6. The molecule has 5 rings (SSSR count). The van der Waals surface area contributed by atoms with Gasteiger partial charge in [0.25, 0.3) is 0 Å². The van der Waals surface area contributed by atoms with Crippen molar-refractivity contribution in [3.8, 4) is 22.9 Å². The van der Waals surface area contributed by atoms with Gasteiger partial charge >= 0.3 is 5.97 Å². The van der Waals surface area contributed by atoms with Gasteiger partial charge in [0.1, 0.15) is 12.4 Å². The van der Waals surface area contributed by atoms with Gasteiger partial charge in [-0.3, -0.25) is 9.78 Å². The Morgan fingerprint density at radius 2 is 2.00 bits per heavy atom. The second kappa shape index (κ2) is 10.3. The van der Waals surface area contributed by atoms with E-state index in [2.05, 4.69) is 24.9 Å². The van der Waals surface area contributed by atoms with Crippen LogP contribution in [0.2, 0.25) is 0 Å². The summed E-state index contributed by atoms with van der Waals surface area (Å²) >= 11 is 0. The van der Waals surface area contributed by atoms with Gasteiger partial charge in [-0.2, -0.15) is 0 Å². The highest BCUT2D eigenvalue weighted by Gasteiger charge is 2.34. The summed E-state index contributed by atoms with van der Waals surface area (Å²) < 4.78 is 11.5. The van der Waals surface area contributed by atoms with E-state index in [1.807, 2.05) is 36.4 Å². The standard InChI is InChI=1S/C30H33N3O4/c1-30(2)12-5-8-25(30)29-28(21-11-13-31-26(15-21)36-3)32-17-22(33-29)18-37-23-7-4-6-20(14-23)24(16-27(34)35)19-9-10-19/h4,6-8,11,13-15,17,19,24H,5,9-10,12,16,18H2,1-3H3,(H,34,35). The fourth-order valence-electron chi connectivity index (χ4n) is 5.20. The number of methoxy groups -OCH3 is 1. The number of hydrogen-bond donors (Lipinski definition) is 1. The fourth-order valence-corrected chi connectivity index (χ4v) is 5.20. The molecule has 0 bridgehead atoms. The molecule has 1 unspecified atom stereocenters. The maximum Gasteiger partial charge on any atom is 0.303 e. The summed E-state index contributed by atoms with van der Waals surface area (Å²) in [5.41, 5.74) is 5.51. The first-order valence-electron chi connectivity index (χ1n) is 12.9. The van der Waals surface area contributed by atoms with Gasteiger partial charge < -0.3 is 14.6 Å². The number of ether oxygens (including phenoxy) is 2. The average Bonchev–Trinajstić information content (AvgIpc) is 3.68. The van der Waals surface area contributed by atoms with E-state index in [-0.39, 0.29) is 24.4 Å². The molecular formula is C30H33N3O4. The second-order valence-corrected chi connectivity index (χ2v) is 10.6. The van der Waals surface area contributed by atoms with E-state index in [4.69, 9.17) is 19.4 Å². The number of carboxylic acid groups (broad SMARTS) is 1. The van der Waals surface area contributed by atoms with Crippen molar-refractivity contribution in [3.63, 3.8) is 0 Å². The summed E-state index contributed by atoms with van der Waals surface area (Å²) in [6.45, 7) is 4.75. The van der Waals surface area contributed by atoms with Crippen LogP contribution in [0.25, 0.3) is 16.8 Å². The summed E-state index contributed by atoms with van der Waals surface area (Å²) in [6, 6.07) is 11.6. The first-order chi connectivity index (χ1) is 17.8. The predicted molar refractivity (Wildman–Crippen MR) is 141 cm³/mol. The number of allylic oxidation sites excluding steroid dienone is 2. The largest absolute Gasteiger partial charge is 0.487 e. The van der Waals surface area contributed by atoms with Gasteiger partial charge in [0.05, 0.1) is 36.8 Å². The number of carbonyl (C=O) groups is 1. The smallest absolute Gasteiger partial charge is 0.303 e. The third-order valence-corrected chi connectivity index (χ3v) is 7.40. The van der Waals surface area contributed by atoms with E-state index in [9.17, 15) is 9.90 Å². The Bertz CT molecular complexity index is 1330. The third-order valence-electron chi connectivity index (χ3n) is 7.40. The van der Waals surface area contributed by atoms with E-state index in [0.717, 1.165) is 53.9 Å². The van der Waals surface area contributed by atoms with Crippen molar-refractivity contribution in [1.29, 1.82) is 0 Å². The molecule has 0 aliphatic heterocycles. The topological polar surface area (TPSA) is 94.4 Å². The van der Waals surface area contributed by atoms with Crippen molar-refractivity contribution in [2.45, 2.75) is 58.5 Å². The molecule has 3 aromatic rings. The summed E-state index contributed by atoms with van der Waals surface area (Å²) in [4.78, 5) is 25.5. The SMILES string of the molecule is COc1cc(-c2ncc(COc3cccc(C(CC(=O)O)C4CC4)c3)nc2C2=CCCC2(C)C)ccn1. The van der Waals surface area contributed by atoms with E-state index in [1.165, 1.54) is 5.57 Å². The number of nitrogens with zero attached hydrogens (tertiary/aromatic N) is 3. The molecule has 7 heteroatoms. The Hall–Kier alpha value is -3.74. The van der Waals surface area contributed by atoms with Crippen LogP contribution in [0.4, 0.5) is 0 Å². The molecule has 7 nitrogen and oxygen atoms in total. The highest BCUT2D eigenvalue weighted by atomic mass is 16.5. The van der Waals surface area contributed by atoms with E-state index < -0.39 is 5.97 Å². The van der Waals surface area contributed by atoms with Crippen molar-refractivity contribution in [1.82, 2.24) is 15.0 Å². The van der Waals surface area contributed by atoms with E-state index >= 15 is 0 Å². The molecule has 2 aromatic heterocycles. The van der Waals surface area contributed by atoms with E-state index in [1.54, 1.807) is 19.5 Å². The Morgan fingerprint density at radius 1 is 1.16 bits per heavy atom. The van der Waals surface area contributed by atoms with E-state index in [0.29, 0.717) is 17.5 Å². The Labute approximate surface area is 217 Å². The lowest BCUT2D eigenvalue weighted by molar-refractivity contribution is -0.137. The normalized spacial score (nSPS) is 17.2. The molecule has 2 heterocycles. The first kappa shape index (κ1) is 24.9. The lowest BCUT2D eigenvalue weighted by Crippen LogP contribution is -2.13. The predicted octanol–water partition coefficient (Wildman–Crippen LogP) is 6.30. The molecule has 0 saturated heterocycles. The third kappa shape index (κ3) is 5.66. The number of pyridine rings is 1.